The number of anilines is 1. The predicted octanol–water partition coefficient (Wildman–Crippen LogP) is 1.67. The van der Waals surface area contributed by atoms with Gasteiger partial charge in [-0.1, -0.05) is 12.1 Å². The monoisotopic (exact) mass is 290 g/mol. The first-order valence-corrected chi connectivity index (χ1v) is 7.62. The number of ether oxygens (including phenoxy) is 2. The van der Waals surface area contributed by atoms with Gasteiger partial charge < -0.3 is 19.7 Å². The minimum Gasteiger partial charge on any atom is -0.482 e. The van der Waals surface area contributed by atoms with E-state index in [1.165, 1.54) is 5.56 Å². The van der Waals surface area contributed by atoms with Gasteiger partial charge in [0.1, 0.15) is 5.75 Å². The summed E-state index contributed by atoms with van der Waals surface area (Å²) in [5, 5.41) is 3.37. The van der Waals surface area contributed by atoms with Crippen molar-refractivity contribution in [2.24, 2.45) is 0 Å². The van der Waals surface area contributed by atoms with Crippen LogP contribution in [0.15, 0.2) is 18.2 Å². The van der Waals surface area contributed by atoms with Gasteiger partial charge in [-0.2, -0.15) is 0 Å². The molecule has 1 saturated heterocycles. The lowest BCUT2D eigenvalue weighted by molar-refractivity contribution is -0.140. The summed E-state index contributed by atoms with van der Waals surface area (Å²) in [6, 6.07) is 6.02. The number of carbonyl (C=O) groups is 1. The van der Waals surface area contributed by atoms with Gasteiger partial charge in [0.15, 0.2) is 6.61 Å². The van der Waals surface area contributed by atoms with Gasteiger partial charge >= 0.3 is 0 Å². The standard InChI is InChI=1S/C16H22N2O3/c1-12-10-18(8-9-20-12)15(19)11-21-14-6-2-4-13-5-3-7-17-16(13)14/h2,4,6,12,17H,3,5,7-11H2,1H3. The van der Waals surface area contributed by atoms with E-state index in [2.05, 4.69) is 11.4 Å². The Bertz CT molecular complexity index is 518. The molecule has 1 aromatic carbocycles. The fraction of sp³-hybridized carbons (Fsp3) is 0.562. The molecule has 2 aliphatic heterocycles. The number of nitrogens with one attached hydrogen (secondary N) is 1. The fourth-order valence-electron chi connectivity index (χ4n) is 2.87. The van der Waals surface area contributed by atoms with Crippen LogP contribution in [0, 0.1) is 0 Å². The zero-order valence-electron chi connectivity index (χ0n) is 12.4. The Hall–Kier alpha value is -1.75. The molecule has 1 atom stereocenters. The second-order valence-corrected chi connectivity index (χ2v) is 5.63. The molecule has 0 aromatic heterocycles. The van der Waals surface area contributed by atoms with Crippen LogP contribution in [0.3, 0.4) is 0 Å². The van der Waals surface area contributed by atoms with Gasteiger partial charge in [-0.25, -0.2) is 0 Å². The van der Waals surface area contributed by atoms with E-state index in [1.54, 1.807) is 0 Å². The molecule has 3 rings (SSSR count). The first-order valence-electron chi connectivity index (χ1n) is 7.62. The first kappa shape index (κ1) is 14.2. The number of hydrogen-bond acceptors (Lipinski definition) is 4. The second kappa shape index (κ2) is 6.35. The molecule has 1 amide bonds. The minimum absolute atomic E-state index is 0.0264. The summed E-state index contributed by atoms with van der Waals surface area (Å²) < 4.78 is 11.2. The van der Waals surface area contributed by atoms with Crippen LogP contribution in [0.1, 0.15) is 18.9 Å². The predicted molar refractivity (Wildman–Crippen MR) is 80.7 cm³/mol. The van der Waals surface area contributed by atoms with Crippen molar-refractivity contribution in [2.75, 3.05) is 38.2 Å². The van der Waals surface area contributed by atoms with E-state index in [4.69, 9.17) is 9.47 Å². The first-order chi connectivity index (χ1) is 10.2. The highest BCUT2D eigenvalue weighted by molar-refractivity contribution is 5.78. The van der Waals surface area contributed by atoms with Crippen molar-refractivity contribution >= 4 is 11.6 Å². The van der Waals surface area contributed by atoms with E-state index in [0.29, 0.717) is 19.7 Å². The number of carbonyl (C=O) groups excluding carboxylic acids is 1. The minimum atomic E-state index is 0.0264. The van der Waals surface area contributed by atoms with Crippen LogP contribution in [-0.4, -0.2) is 49.8 Å². The zero-order valence-corrected chi connectivity index (χ0v) is 12.4. The molecular formula is C16H22N2O3. The molecule has 0 radical (unpaired) electrons. The highest BCUT2D eigenvalue weighted by Crippen LogP contribution is 2.31. The SMILES string of the molecule is CC1CN(C(=O)COc2cccc3c2NCCC3)CCO1. The molecule has 2 aliphatic rings. The van der Waals surface area contributed by atoms with Crippen molar-refractivity contribution in [1.29, 1.82) is 0 Å². The van der Waals surface area contributed by atoms with E-state index in [9.17, 15) is 4.79 Å². The van der Waals surface area contributed by atoms with Gasteiger partial charge in [-0.15, -0.1) is 0 Å². The molecule has 2 heterocycles. The van der Waals surface area contributed by atoms with Gasteiger partial charge in [-0.05, 0) is 31.4 Å². The molecule has 0 aliphatic carbocycles. The average molecular weight is 290 g/mol. The van der Waals surface area contributed by atoms with Crippen LogP contribution in [0.2, 0.25) is 0 Å². The number of hydrogen-bond donors (Lipinski definition) is 1. The third kappa shape index (κ3) is 3.29. The van der Waals surface area contributed by atoms with Crippen LogP contribution >= 0.6 is 0 Å². The highest BCUT2D eigenvalue weighted by Gasteiger charge is 2.22. The molecule has 1 unspecified atom stereocenters. The largest absolute Gasteiger partial charge is 0.482 e. The summed E-state index contributed by atoms with van der Waals surface area (Å²) in [5.41, 5.74) is 2.32. The number of morpholine rings is 1. The van der Waals surface area contributed by atoms with Crippen molar-refractivity contribution in [3.8, 4) is 5.75 Å². The maximum Gasteiger partial charge on any atom is 0.260 e. The molecule has 21 heavy (non-hydrogen) atoms. The van der Waals surface area contributed by atoms with Crippen LogP contribution in [-0.2, 0) is 16.0 Å². The van der Waals surface area contributed by atoms with Gasteiger partial charge in [0.2, 0.25) is 0 Å². The van der Waals surface area contributed by atoms with Gasteiger partial charge in [-0.3, -0.25) is 4.79 Å². The molecular weight excluding hydrogens is 268 g/mol. The molecule has 1 fully saturated rings. The topological polar surface area (TPSA) is 50.8 Å². The third-order valence-electron chi connectivity index (χ3n) is 3.98. The number of benzene rings is 1. The van der Waals surface area contributed by atoms with Crippen molar-refractivity contribution < 1.29 is 14.3 Å². The van der Waals surface area contributed by atoms with Crippen molar-refractivity contribution in [2.45, 2.75) is 25.9 Å². The Balaban J connectivity index is 1.61. The lowest BCUT2D eigenvalue weighted by atomic mass is 10.0. The molecule has 5 heteroatoms. The Morgan fingerprint density at radius 2 is 2.43 bits per heavy atom. The van der Waals surface area contributed by atoms with Gasteiger partial charge in [0.05, 0.1) is 18.4 Å². The molecule has 5 nitrogen and oxygen atoms in total. The maximum atomic E-state index is 12.2. The molecule has 1 aromatic rings. The highest BCUT2D eigenvalue weighted by atomic mass is 16.5. The summed E-state index contributed by atoms with van der Waals surface area (Å²) in [5.74, 6) is 0.806. The summed E-state index contributed by atoms with van der Waals surface area (Å²) in [6.07, 6.45) is 2.31. The molecule has 114 valence electrons. The van der Waals surface area contributed by atoms with Crippen LogP contribution in [0.5, 0.6) is 5.75 Å². The zero-order chi connectivity index (χ0) is 14.7. The summed E-state index contributed by atoms with van der Waals surface area (Å²) in [7, 11) is 0. The van der Waals surface area contributed by atoms with E-state index in [1.807, 2.05) is 24.0 Å². The third-order valence-corrected chi connectivity index (χ3v) is 3.98. The number of fused-ring (bicyclic) bond motifs is 1. The summed E-state index contributed by atoms with van der Waals surface area (Å²) >= 11 is 0. The molecule has 0 spiro atoms. The van der Waals surface area contributed by atoms with Crippen LogP contribution in [0.4, 0.5) is 5.69 Å². The maximum absolute atomic E-state index is 12.2. The van der Waals surface area contributed by atoms with E-state index >= 15 is 0 Å². The molecule has 0 saturated carbocycles. The number of nitrogens with zero attached hydrogens (tertiary/aromatic N) is 1. The number of amides is 1. The quantitative estimate of drug-likeness (QED) is 0.920. The van der Waals surface area contributed by atoms with Crippen molar-refractivity contribution in [3.63, 3.8) is 0 Å². The Morgan fingerprint density at radius 3 is 3.29 bits per heavy atom. The van der Waals surface area contributed by atoms with Crippen molar-refractivity contribution in [1.82, 2.24) is 4.90 Å². The number of para-hydroxylation sites is 1. The Kier molecular flexibility index (Phi) is 4.29. The Labute approximate surface area is 125 Å². The second-order valence-electron chi connectivity index (χ2n) is 5.63. The Morgan fingerprint density at radius 1 is 1.52 bits per heavy atom. The fourth-order valence-corrected chi connectivity index (χ4v) is 2.87. The van der Waals surface area contributed by atoms with E-state index < -0.39 is 0 Å². The van der Waals surface area contributed by atoms with Crippen LogP contribution < -0.4 is 10.1 Å². The van der Waals surface area contributed by atoms with Crippen molar-refractivity contribution in [3.05, 3.63) is 23.8 Å². The lowest BCUT2D eigenvalue weighted by Crippen LogP contribution is -2.46. The number of rotatable bonds is 3. The summed E-state index contributed by atoms with van der Waals surface area (Å²) in [6.45, 7) is 4.94. The van der Waals surface area contributed by atoms with Crippen LogP contribution in [0.25, 0.3) is 0 Å². The molecule has 0 bridgehead atoms. The smallest absolute Gasteiger partial charge is 0.260 e. The van der Waals surface area contributed by atoms with E-state index in [0.717, 1.165) is 30.8 Å². The normalized spacial score (nSPS) is 21.4. The number of aryl methyl sites for hydroxylation is 1. The molecule has 1 N–H and O–H groups in total. The van der Waals surface area contributed by atoms with Gasteiger partial charge in [0.25, 0.3) is 5.91 Å². The lowest BCUT2D eigenvalue weighted by Gasteiger charge is -2.31. The van der Waals surface area contributed by atoms with Gasteiger partial charge in [0, 0.05) is 19.6 Å². The summed E-state index contributed by atoms with van der Waals surface area (Å²) in [4.78, 5) is 14.0. The average Bonchev–Trinajstić information content (AvgIpc) is 2.52. The van der Waals surface area contributed by atoms with E-state index in [-0.39, 0.29) is 18.6 Å².